The first-order valence-corrected chi connectivity index (χ1v) is 5.59. The van der Waals surface area contributed by atoms with E-state index in [-0.39, 0.29) is 12.2 Å². The first-order chi connectivity index (χ1) is 6.71. The van der Waals surface area contributed by atoms with E-state index in [1.807, 2.05) is 12.1 Å². The minimum absolute atomic E-state index is 0.149. The molecule has 0 unspecified atom stereocenters. The van der Waals surface area contributed by atoms with Gasteiger partial charge in [0.25, 0.3) is 0 Å². The van der Waals surface area contributed by atoms with Gasteiger partial charge < -0.3 is 4.74 Å². The van der Waals surface area contributed by atoms with Crippen LogP contribution in [0.2, 0.25) is 0 Å². The van der Waals surface area contributed by atoms with E-state index < -0.39 is 4.33 Å². The molecular weight excluding hydrogens is 219 g/mol. The summed E-state index contributed by atoms with van der Waals surface area (Å²) < 4.78 is 5.34. The van der Waals surface area contributed by atoms with Gasteiger partial charge in [-0.25, -0.2) is 0 Å². The van der Waals surface area contributed by atoms with Crippen LogP contribution in [-0.4, -0.2) is 4.33 Å². The van der Waals surface area contributed by atoms with Crippen LogP contribution >= 0.6 is 23.2 Å². The number of rotatable bonds is 0. The normalized spacial score (nSPS) is 44.7. The van der Waals surface area contributed by atoms with Gasteiger partial charge in [0.2, 0.25) is 0 Å². The standard InChI is InChI=1S/C11H8Cl2O/c12-11(13)7-8(11)10-6-4-2-1-3-5(6)9(7)14-10/h1-4,7-10H/t7-,8+,9+,10-. The summed E-state index contributed by atoms with van der Waals surface area (Å²) in [6.07, 6.45) is 0.299. The number of fused-ring (bicyclic) bond motifs is 8. The topological polar surface area (TPSA) is 9.23 Å². The molecule has 2 aliphatic heterocycles. The number of hydrogen-bond donors (Lipinski definition) is 0. The zero-order valence-corrected chi connectivity index (χ0v) is 8.79. The van der Waals surface area contributed by atoms with E-state index in [1.165, 1.54) is 11.1 Å². The summed E-state index contributed by atoms with van der Waals surface area (Å²) in [5, 5.41) is 0. The van der Waals surface area contributed by atoms with E-state index in [0.717, 1.165) is 0 Å². The van der Waals surface area contributed by atoms with Gasteiger partial charge >= 0.3 is 0 Å². The average molecular weight is 227 g/mol. The Bertz CT molecular complexity index is 392. The molecule has 3 aliphatic rings. The van der Waals surface area contributed by atoms with Crippen molar-refractivity contribution in [1.29, 1.82) is 0 Å². The molecule has 1 nitrogen and oxygen atoms in total. The predicted molar refractivity (Wildman–Crippen MR) is 54.4 cm³/mol. The average Bonchev–Trinajstić information content (AvgIpc) is 2.58. The molecule has 0 radical (unpaired) electrons. The van der Waals surface area contributed by atoms with Crippen LogP contribution in [-0.2, 0) is 4.74 Å². The van der Waals surface area contributed by atoms with Crippen molar-refractivity contribution in [2.24, 2.45) is 11.8 Å². The van der Waals surface area contributed by atoms with Crippen LogP contribution in [0.25, 0.3) is 0 Å². The zero-order chi connectivity index (χ0) is 9.50. The fourth-order valence-electron chi connectivity index (χ4n) is 3.05. The lowest BCUT2D eigenvalue weighted by molar-refractivity contribution is 0.0373. The van der Waals surface area contributed by atoms with E-state index in [0.29, 0.717) is 11.8 Å². The quantitative estimate of drug-likeness (QED) is 0.618. The second-order valence-corrected chi connectivity index (χ2v) is 5.78. The molecule has 14 heavy (non-hydrogen) atoms. The van der Waals surface area contributed by atoms with E-state index in [9.17, 15) is 0 Å². The second-order valence-electron chi connectivity index (χ2n) is 4.33. The Morgan fingerprint density at radius 1 is 1.00 bits per heavy atom. The van der Waals surface area contributed by atoms with Crippen LogP contribution < -0.4 is 0 Å². The molecule has 0 aromatic heterocycles. The highest BCUT2D eigenvalue weighted by Gasteiger charge is 2.77. The summed E-state index contributed by atoms with van der Waals surface area (Å²) in [7, 11) is 0. The van der Waals surface area contributed by atoms with Crippen LogP contribution in [0.5, 0.6) is 0 Å². The largest absolute Gasteiger partial charge is 0.365 e. The molecule has 2 fully saturated rings. The van der Waals surface area contributed by atoms with Gasteiger partial charge in [-0.1, -0.05) is 24.3 Å². The van der Waals surface area contributed by atoms with E-state index in [1.54, 1.807) is 0 Å². The van der Waals surface area contributed by atoms with Gasteiger partial charge in [0.05, 0.1) is 12.2 Å². The van der Waals surface area contributed by atoms with Gasteiger partial charge in [0.1, 0.15) is 4.33 Å². The number of hydrogen-bond acceptors (Lipinski definition) is 1. The number of alkyl halides is 2. The van der Waals surface area contributed by atoms with Gasteiger partial charge in [0, 0.05) is 11.8 Å². The number of halogens is 2. The number of benzene rings is 1. The molecule has 0 N–H and O–H groups in total. The van der Waals surface area contributed by atoms with Gasteiger partial charge in [0.15, 0.2) is 0 Å². The van der Waals surface area contributed by atoms with Crippen LogP contribution in [0, 0.1) is 11.8 Å². The maximum absolute atomic E-state index is 6.21. The molecule has 1 aromatic carbocycles. The molecular formula is C11H8Cl2O. The first kappa shape index (κ1) is 7.98. The van der Waals surface area contributed by atoms with Crippen LogP contribution in [0.4, 0.5) is 0 Å². The summed E-state index contributed by atoms with van der Waals surface area (Å²) >= 11 is 12.4. The van der Waals surface area contributed by atoms with Crippen molar-refractivity contribution in [3.05, 3.63) is 35.4 Å². The minimum atomic E-state index is -0.535. The highest BCUT2D eigenvalue weighted by molar-refractivity contribution is 6.51. The molecule has 72 valence electrons. The Morgan fingerprint density at radius 2 is 1.50 bits per heavy atom. The first-order valence-electron chi connectivity index (χ1n) is 4.83. The van der Waals surface area contributed by atoms with Gasteiger partial charge in [-0.15, -0.1) is 23.2 Å². The van der Waals surface area contributed by atoms with Crippen LogP contribution in [0.3, 0.4) is 0 Å². The summed E-state index contributed by atoms with van der Waals surface area (Å²) in [4.78, 5) is 0. The molecule has 1 saturated carbocycles. The molecule has 2 heterocycles. The Morgan fingerprint density at radius 3 is 2.00 bits per heavy atom. The summed E-state index contributed by atoms with van der Waals surface area (Å²) in [5.41, 5.74) is 2.59. The molecule has 2 bridgehead atoms. The molecule has 0 amide bonds. The number of ether oxygens (including phenoxy) is 1. The van der Waals surface area contributed by atoms with Crippen molar-refractivity contribution in [3.63, 3.8) is 0 Å². The third-order valence-electron chi connectivity index (χ3n) is 3.72. The Hall–Kier alpha value is -0.240. The van der Waals surface area contributed by atoms with Crippen molar-refractivity contribution in [2.75, 3.05) is 0 Å². The van der Waals surface area contributed by atoms with E-state index in [2.05, 4.69) is 12.1 Å². The molecule has 0 spiro atoms. The van der Waals surface area contributed by atoms with Gasteiger partial charge in [-0.05, 0) is 11.1 Å². The minimum Gasteiger partial charge on any atom is -0.365 e. The van der Waals surface area contributed by atoms with Crippen molar-refractivity contribution in [3.8, 4) is 0 Å². The molecule has 4 atom stereocenters. The fraction of sp³-hybridized carbons (Fsp3) is 0.455. The summed E-state index contributed by atoms with van der Waals surface area (Å²) in [5.74, 6) is 0.650. The maximum Gasteiger partial charge on any atom is 0.130 e. The SMILES string of the molecule is ClC1(Cl)[C@@H]2[C@H]1[C@@H]1O[C@H]2c2ccccc21. The molecule has 4 rings (SSSR count). The lowest BCUT2D eigenvalue weighted by Crippen LogP contribution is -2.05. The van der Waals surface area contributed by atoms with Crippen molar-refractivity contribution in [2.45, 2.75) is 16.5 Å². The van der Waals surface area contributed by atoms with Crippen molar-refractivity contribution >= 4 is 23.2 Å². The summed E-state index contributed by atoms with van der Waals surface area (Å²) in [6.45, 7) is 0. The van der Waals surface area contributed by atoms with Gasteiger partial charge in [-0.2, -0.15) is 0 Å². The molecule has 3 heteroatoms. The zero-order valence-electron chi connectivity index (χ0n) is 7.28. The Labute approximate surface area is 92.0 Å². The predicted octanol–water partition coefficient (Wildman–Crippen LogP) is 3.23. The second kappa shape index (κ2) is 2.13. The third kappa shape index (κ3) is 0.680. The van der Waals surface area contributed by atoms with E-state index >= 15 is 0 Å². The molecule has 1 aliphatic carbocycles. The lowest BCUT2D eigenvalue weighted by Gasteiger charge is -2.11. The summed E-state index contributed by atoms with van der Waals surface area (Å²) in [6, 6.07) is 8.34. The van der Waals surface area contributed by atoms with Crippen molar-refractivity contribution in [1.82, 2.24) is 0 Å². The Kier molecular flexibility index (Phi) is 1.22. The maximum atomic E-state index is 6.21. The van der Waals surface area contributed by atoms with Crippen molar-refractivity contribution < 1.29 is 4.74 Å². The smallest absolute Gasteiger partial charge is 0.130 e. The Balaban J connectivity index is 1.91. The highest BCUT2D eigenvalue weighted by Crippen LogP contribution is 2.78. The molecule has 1 saturated heterocycles. The van der Waals surface area contributed by atoms with Gasteiger partial charge in [-0.3, -0.25) is 0 Å². The van der Waals surface area contributed by atoms with E-state index in [4.69, 9.17) is 27.9 Å². The fourth-order valence-corrected chi connectivity index (χ4v) is 3.92. The van der Waals surface area contributed by atoms with Crippen LogP contribution in [0.1, 0.15) is 23.3 Å². The van der Waals surface area contributed by atoms with Crippen LogP contribution in [0.15, 0.2) is 24.3 Å². The lowest BCUT2D eigenvalue weighted by atomic mass is 9.92. The molecule has 1 aromatic rings. The highest BCUT2D eigenvalue weighted by atomic mass is 35.5. The monoisotopic (exact) mass is 226 g/mol. The third-order valence-corrected chi connectivity index (χ3v) is 4.73.